The van der Waals surface area contributed by atoms with Gasteiger partial charge in [0.2, 0.25) is 0 Å². The summed E-state index contributed by atoms with van der Waals surface area (Å²) in [7, 11) is 0. The minimum atomic E-state index is -0.654. The zero-order valence-corrected chi connectivity index (χ0v) is 6.51. The van der Waals surface area contributed by atoms with Crippen molar-refractivity contribution in [2.45, 2.75) is 4.90 Å². The highest BCUT2D eigenvalue weighted by Gasteiger charge is 2.05. The summed E-state index contributed by atoms with van der Waals surface area (Å²) in [5.74, 6) is -0.770. The van der Waals surface area contributed by atoms with Gasteiger partial charge in [-0.25, -0.2) is 0 Å². The summed E-state index contributed by atoms with van der Waals surface area (Å²) >= 11 is 3.98. The molecule has 0 aliphatic carbocycles. The second-order valence-electron chi connectivity index (χ2n) is 2.07. The number of aromatic hydroxyl groups is 1. The van der Waals surface area contributed by atoms with Crippen LogP contribution in [0.4, 0.5) is 0 Å². The molecule has 0 heterocycles. The molecule has 11 heavy (non-hydrogen) atoms. The summed E-state index contributed by atoms with van der Waals surface area (Å²) in [6.07, 6.45) is 0. The van der Waals surface area contributed by atoms with E-state index in [-0.39, 0.29) is 11.3 Å². The van der Waals surface area contributed by atoms with Gasteiger partial charge in [0.05, 0.1) is 5.56 Å². The smallest absolute Gasteiger partial charge is 0.252 e. The molecule has 1 amide bonds. The minimum absolute atomic E-state index is 0.0949. The number of hydrogen-bond donors (Lipinski definition) is 3. The number of rotatable bonds is 1. The van der Waals surface area contributed by atoms with E-state index in [4.69, 9.17) is 10.8 Å². The number of amides is 1. The van der Waals surface area contributed by atoms with Crippen molar-refractivity contribution < 1.29 is 9.90 Å². The molecule has 0 saturated carbocycles. The molecular weight excluding hydrogens is 162 g/mol. The fourth-order valence-electron chi connectivity index (χ4n) is 0.721. The Morgan fingerprint density at radius 3 is 2.64 bits per heavy atom. The first-order chi connectivity index (χ1) is 5.11. The number of thiol groups is 1. The minimum Gasteiger partial charge on any atom is -0.507 e. The molecule has 3 N–H and O–H groups in total. The highest BCUT2D eigenvalue weighted by Crippen LogP contribution is 2.19. The Labute approximate surface area is 69.2 Å². The lowest BCUT2D eigenvalue weighted by Gasteiger charge is -1.99. The summed E-state index contributed by atoms with van der Waals surface area (Å²) in [5, 5.41) is 9.07. The van der Waals surface area contributed by atoms with Gasteiger partial charge in [0.15, 0.2) is 0 Å². The first kappa shape index (κ1) is 7.94. The number of carbonyl (C=O) groups excluding carboxylic acids is 1. The number of primary amides is 1. The molecule has 0 fully saturated rings. The van der Waals surface area contributed by atoms with Crippen LogP contribution in [-0.4, -0.2) is 11.0 Å². The molecule has 0 aliphatic rings. The van der Waals surface area contributed by atoms with Crippen molar-refractivity contribution in [1.29, 1.82) is 0 Å². The predicted octanol–water partition coefficient (Wildman–Crippen LogP) is 0.780. The van der Waals surface area contributed by atoms with Crippen molar-refractivity contribution in [3.63, 3.8) is 0 Å². The van der Waals surface area contributed by atoms with Gasteiger partial charge in [0.25, 0.3) is 5.91 Å². The Morgan fingerprint density at radius 1 is 1.55 bits per heavy atom. The van der Waals surface area contributed by atoms with Crippen LogP contribution in [-0.2, 0) is 0 Å². The van der Waals surface area contributed by atoms with Gasteiger partial charge in [-0.1, -0.05) is 0 Å². The zero-order valence-electron chi connectivity index (χ0n) is 5.61. The Kier molecular flexibility index (Phi) is 2.05. The maximum absolute atomic E-state index is 10.6. The van der Waals surface area contributed by atoms with Gasteiger partial charge >= 0.3 is 0 Å². The second kappa shape index (κ2) is 2.84. The van der Waals surface area contributed by atoms with Crippen molar-refractivity contribution in [2.24, 2.45) is 5.73 Å². The summed E-state index contributed by atoms with van der Waals surface area (Å²) in [5.41, 5.74) is 5.05. The molecule has 1 rings (SSSR count). The molecule has 0 atom stereocenters. The lowest BCUT2D eigenvalue weighted by molar-refractivity contribution is 0.0997. The van der Waals surface area contributed by atoms with Gasteiger partial charge in [-0.3, -0.25) is 4.79 Å². The summed E-state index contributed by atoms with van der Waals surface area (Å²) in [6.45, 7) is 0. The average Bonchev–Trinajstić information content (AvgIpc) is 1.94. The van der Waals surface area contributed by atoms with Gasteiger partial charge < -0.3 is 10.8 Å². The van der Waals surface area contributed by atoms with Crippen LogP contribution in [0.5, 0.6) is 5.75 Å². The SMILES string of the molecule is NC(=O)c1cc(S)ccc1O. The molecule has 0 saturated heterocycles. The molecule has 0 aliphatic heterocycles. The van der Waals surface area contributed by atoms with Crippen molar-refractivity contribution in [1.82, 2.24) is 0 Å². The third-order valence-corrected chi connectivity index (χ3v) is 1.52. The van der Waals surface area contributed by atoms with Crippen LogP contribution >= 0.6 is 12.6 Å². The molecule has 1 aromatic rings. The van der Waals surface area contributed by atoms with E-state index in [1.165, 1.54) is 12.1 Å². The molecular formula is C7H7NO2S. The Bertz CT molecular complexity index is 298. The van der Waals surface area contributed by atoms with E-state index < -0.39 is 5.91 Å². The molecule has 0 bridgehead atoms. The van der Waals surface area contributed by atoms with E-state index in [2.05, 4.69) is 12.6 Å². The highest BCUT2D eigenvalue weighted by atomic mass is 32.1. The Morgan fingerprint density at radius 2 is 2.18 bits per heavy atom. The van der Waals surface area contributed by atoms with Crippen LogP contribution in [0.1, 0.15) is 10.4 Å². The number of carbonyl (C=O) groups is 1. The molecule has 4 heteroatoms. The quantitative estimate of drug-likeness (QED) is 0.544. The Balaban J connectivity index is 3.23. The predicted molar refractivity (Wildman–Crippen MR) is 43.9 cm³/mol. The first-order valence-corrected chi connectivity index (χ1v) is 3.38. The van der Waals surface area contributed by atoms with Crippen LogP contribution in [0.15, 0.2) is 23.1 Å². The maximum atomic E-state index is 10.6. The van der Waals surface area contributed by atoms with Crippen molar-refractivity contribution in [2.75, 3.05) is 0 Å². The van der Waals surface area contributed by atoms with Gasteiger partial charge in [0, 0.05) is 4.90 Å². The lowest BCUT2D eigenvalue weighted by atomic mass is 10.2. The van der Waals surface area contributed by atoms with Gasteiger partial charge in [-0.2, -0.15) is 0 Å². The van der Waals surface area contributed by atoms with Gasteiger partial charge in [-0.05, 0) is 18.2 Å². The van der Waals surface area contributed by atoms with E-state index in [9.17, 15) is 4.79 Å². The van der Waals surface area contributed by atoms with Gasteiger partial charge in [-0.15, -0.1) is 12.6 Å². The van der Waals surface area contributed by atoms with Crippen molar-refractivity contribution in [3.8, 4) is 5.75 Å². The average molecular weight is 169 g/mol. The molecule has 58 valence electrons. The molecule has 0 radical (unpaired) electrons. The van der Waals surface area contributed by atoms with E-state index in [0.717, 1.165) is 0 Å². The summed E-state index contributed by atoms with van der Waals surface area (Å²) < 4.78 is 0. The Hall–Kier alpha value is -1.16. The van der Waals surface area contributed by atoms with Crippen molar-refractivity contribution in [3.05, 3.63) is 23.8 Å². The number of nitrogens with two attached hydrogens (primary N) is 1. The maximum Gasteiger partial charge on any atom is 0.252 e. The van der Waals surface area contributed by atoms with Crippen molar-refractivity contribution >= 4 is 18.5 Å². The molecule has 0 unspecified atom stereocenters. The van der Waals surface area contributed by atoms with Crippen LogP contribution in [0, 0.1) is 0 Å². The highest BCUT2D eigenvalue weighted by molar-refractivity contribution is 7.80. The van der Waals surface area contributed by atoms with E-state index in [1.807, 2.05) is 0 Å². The normalized spacial score (nSPS) is 9.55. The van der Waals surface area contributed by atoms with E-state index in [1.54, 1.807) is 6.07 Å². The van der Waals surface area contributed by atoms with E-state index >= 15 is 0 Å². The number of benzene rings is 1. The molecule has 1 aromatic carbocycles. The first-order valence-electron chi connectivity index (χ1n) is 2.93. The third kappa shape index (κ3) is 1.65. The largest absolute Gasteiger partial charge is 0.507 e. The fourth-order valence-corrected chi connectivity index (χ4v) is 0.925. The molecule has 0 aromatic heterocycles. The van der Waals surface area contributed by atoms with Crippen LogP contribution < -0.4 is 5.73 Å². The number of hydrogen-bond acceptors (Lipinski definition) is 3. The van der Waals surface area contributed by atoms with Crippen LogP contribution in [0.25, 0.3) is 0 Å². The second-order valence-corrected chi connectivity index (χ2v) is 2.58. The topological polar surface area (TPSA) is 63.3 Å². The van der Waals surface area contributed by atoms with Crippen LogP contribution in [0.3, 0.4) is 0 Å². The molecule has 3 nitrogen and oxygen atoms in total. The molecule has 0 spiro atoms. The monoisotopic (exact) mass is 169 g/mol. The van der Waals surface area contributed by atoms with Gasteiger partial charge in [0.1, 0.15) is 5.75 Å². The zero-order chi connectivity index (χ0) is 8.43. The fraction of sp³-hybridized carbons (Fsp3) is 0. The van der Waals surface area contributed by atoms with Crippen LogP contribution in [0.2, 0.25) is 0 Å². The standard InChI is InChI=1S/C7H7NO2S/c8-7(10)5-3-4(11)1-2-6(5)9/h1-3,9,11H,(H2,8,10). The summed E-state index contributed by atoms with van der Waals surface area (Å²) in [6, 6.07) is 4.37. The lowest BCUT2D eigenvalue weighted by Crippen LogP contribution is -2.10. The summed E-state index contributed by atoms with van der Waals surface area (Å²) in [4.78, 5) is 11.2. The third-order valence-electron chi connectivity index (χ3n) is 1.25. The van der Waals surface area contributed by atoms with E-state index in [0.29, 0.717) is 4.90 Å². The number of phenols is 1.